The van der Waals surface area contributed by atoms with Crippen molar-refractivity contribution < 1.29 is 28.2 Å². The van der Waals surface area contributed by atoms with E-state index in [1.807, 2.05) is 0 Å². The number of carbonyl (C=O) groups excluding carboxylic acids is 1. The lowest BCUT2D eigenvalue weighted by molar-refractivity contribution is -0.119. The third-order valence-corrected chi connectivity index (χ3v) is 3.08. The number of aliphatic hydroxyl groups is 2. The Morgan fingerprint density at radius 2 is 2.05 bits per heavy atom. The number of aliphatic hydroxyl groups excluding tert-OH is 2. The Morgan fingerprint density at radius 3 is 2.60 bits per heavy atom. The summed E-state index contributed by atoms with van der Waals surface area (Å²) >= 11 is -0.300. The van der Waals surface area contributed by atoms with Crippen molar-refractivity contribution in [2.24, 2.45) is 0 Å². The Morgan fingerprint density at radius 1 is 1.40 bits per heavy atom. The Bertz CT molecular complexity index is 468. The number of alkyl halides is 3. The predicted molar refractivity (Wildman–Crippen MR) is 68.0 cm³/mol. The number of benzene rings is 1. The molecule has 4 nitrogen and oxygen atoms in total. The van der Waals surface area contributed by atoms with Gasteiger partial charge in [-0.25, -0.2) is 0 Å². The molecular weight excluding hydrogens is 295 g/mol. The molecule has 0 saturated heterocycles. The summed E-state index contributed by atoms with van der Waals surface area (Å²) < 4.78 is 36.7. The molecule has 1 amide bonds. The van der Waals surface area contributed by atoms with E-state index in [1.54, 1.807) is 0 Å². The van der Waals surface area contributed by atoms with Gasteiger partial charge in [0.05, 0.1) is 0 Å². The van der Waals surface area contributed by atoms with E-state index in [4.69, 9.17) is 0 Å². The van der Waals surface area contributed by atoms with Gasteiger partial charge in [0.2, 0.25) is 5.91 Å². The van der Waals surface area contributed by atoms with Crippen molar-refractivity contribution in [2.45, 2.75) is 29.5 Å². The molecule has 0 spiro atoms. The highest BCUT2D eigenvalue weighted by Crippen LogP contribution is 2.37. The van der Waals surface area contributed by atoms with Gasteiger partial charge in [0.25, 0.3) is 0 Å². The summed E-state index contributed by atoms with van der Waals surface area (Å²) in [5, 5.41) is 21.8. The zero-order valence-corrected chi connectivity index (χ0v) is 11.3. The highest BCUT2D eigenvalue weighted by molar-refractivity contribution is 8.00. The van der Waals surface area contributed by atoms with Crippen molar-refractivity contribution in [2.75, 3.05) is 6.54 Å². The molecule has 1 aromatic carbocycles. The number of thioether (sulfide) groups is 1. The topological polar surface area (TPSA) is 69.6 Å². The number of hydrogen-bond donors (Lipinski definition) is 3. The van der Waals surface area contributed by atoms with Gasteiger partial charge in [-0.1, -0.05) is 12.1 Å². The first-order valence-corrected chi connectivity index (χ1v) is 6.47. The molecule has 0 heterocycles. The minimum atomic E-state index is -4.42. The molecule has 8 heteroatoms. The standard InChI is InChI=1S/C12H14F3NO3S/c1-7(17)16-6-10(18)11(19)8-3-2-4-9(5-8)20-12(13,14)15/h2-5,10-11,18-19H,6H2,1H3,(H,16,17). The van der Waals surface area contributed by atoms with Gasteiger partial charge in [0.15, 0.2) is 0 Å². The summed E-state index contributed by atoms with van der Waals surface area (Å²) in [6.45, 7) is 1.06. The van der Waals surface area contributed by atoms with Crippen LogP contribution < -0.4 is 5.32 Å². The smallest absolute Gasteiger partial charge is 0.388 e. The van der Waals surface area contributed by atoms with Crippen LogP contribution in [0.1, 0.15) is 18.6 Å². The molecule has 0 radical (unpaired) electrons. The van der Waals surface area contributed by atoms with E-state index < -0.39 is 17.7 Å². The van der Waals surface area contributed by atoms with Crippen molar-refractivity contribution in [1.29, 1.82) is 0 Å². The van der Waals surface area contributed by atoms with Crippen molar-refractivity contribution in [3.05, 3.63) is 29.8 Å². The maximum absolute atomic E-state index is 12.2. The third-order valence-electron chi connectivity index (χ3n) is 2.36. The molecule has 0 aliphatic heterocycles. The first kappa shape index (κ1) is 16.8. The summed E-state index contributed by atoms with van der Waals surface area (Å²) in [5.41, 5.74) is -4.27. The van der Waals surface area contributed by atoms with Gasteiger partial charge in [-0.05, 0) is 29.5 Å². The van der Waals surface area contributed by atoms with Crippen LogP contribution in [0.3, 0.4) is 0 Å². The molecular formula is C12H14F3NO3S. The monoisotopic (exact) mass is 309 g/mol. The van der Waals surface area contributed by atoms with Gasteiger partial charge in [0.1, 0.15) is 12.2 Å². The molecule has 0 bridgehead atoms. The van der Waals surface area contributed by atoms with E-state index in [9.17, 15) is 28.2 Å². The molecule has 0 fully saturated rings. The van der Waals surface area contributed by atoms with Gasteiger partial charge in [-0.2, -0.15) is 13.2 Å². The molecule has 0 aromatic heterocycles. The van der Waals surface area contributed by atoms with E-state index in [0.29, 0.717) is 0 Å². The fourth-order valence-electron chi connectivity index (χ4n) is 1.48. The predicted octanol–water partition coefficient (Wildman–Crippen LogP) is 1.83. The van der Waals surface area contributed by atoms with Crippen LogP contribution >= 0.6 is 11.8 Å². The number of amides is 1. The van der Waals surface area contributed by atoms with Crippen LogP contribution in [-0.4, -0.2) is 34.3 Å². The summed E-state index contributed by atoms with van der Waals surface area (Å²) in [5.74, 6) is -0.377. The maximum Gasteiger partial charge on any atom is 0.446 e. The molecule has 1 rings (SSSR count). The lowest BCUT2D eigenvalue weighted by atomic mass is 10.0. The lowest BCUT2D eigenvalue weighted by Gasteiger charge is -2.19. The van der Waals surface area contributed by atoms with Crippen molar-refractivity contribution in [3.8, 4) is 0 Å². The van der Waals surface area contributed by atoms with E-state index in [-0.39, 0.29) is 34.7 Å². The summed E-state index contributed by atoms with van der Waals surface area (Å²) in [6.07, 6.45) is -2.68. The number of hydrogen-bond acceptors (Lipinski definition) is 4. The number of rotatable bonds is 5. The van der Waals surface area contributed by atoms with Crippen molar-refractivity contribution in [1.82, 2.24) is 5.32 Å². The summed E-state index contributed by atoms with van der Waals surface area (Å²) in [7, 11) is 0. The second kappa shape index (κ2) is 6.96. The number of carbonyl (C=O) groups is 1. The highest BCUT2D eigenvalue weighted by atomic mass is 32.2. The molecule has 112 valence electrons. The first-order chi connectivity index (χ1) is 9.19. The molecule has 3 N–H and O–H groups in total. The second-order valence-electron chi connectivity index (χ2n) is 4.07. The van der Waals surface area contributed by atoms with Crippen LogP contribution in [0.25, 0.3) is 0 Å². The van der Waals surface area contributed by atoms with Crippen molar-refractivity contribution >= 4 is 17.7 Å². The molecule has 0 aliphatic rings. The number of nitrogens with one attached hydrogen (secondary N) is 1. The van der Waals surface area contributed by atoms with Gasteiger partial charge >= 0.3 is 5.51 Å². The van der Waals surface area contributed by atoms with Crippen LogP contribution in [0.5, 0.6) is 0 Å². The maximum atomic E-state index is 12.2. The van der Waals surface area contributed by atoms with E-state index in [0.717, 1.165) is 6.07 Å². The normalized spacial score (nSPS) is 14.7. The average molecular weight is 309 g/mol. The average Bonchev–Trinajstić information content (AvgIpc) is 2.33. The summed E-state index contributed by atoms with van der Waals surface area (Å²) in [6, 6.07) is 5.17. The Labute approximate surface area is 118 Å². The van der Waals surface area contributed by atoms with Crippen LogP contribution in [0.2, 0.25) is 0 Å². The van der Waals surface area contributed by atoms with Crippen LogP contribution in [0.4, 0.5) is 13.2 Å². The highest BCUT2D eigenvalue weighted by Gasteiger charge is 2.29. The lowest BCUT2D eigenvalue weighted by Crippen LogP contribution is -2.34. The molecule has 0 saturated carbocycles. The zero-order valence-electron chi connectivity index (χ0n) is 10.5. The van der Waals surface area contributed by atoms with Gasteiger partial charge in [0, 0.05) is 18.4 Å². The third kappa shape index (κ3) is 5.81. The van der Waals surface area contributed by atoms with E-state index in [2.05, 4.69) is 5.32 Å². The second-order valence-corrected chi connectivity index (χ2v) is 5.21. The quantitative estimate of drug-likeness (QED) is 0.726. The Balaban J connectivity index is 2.75. The minimum Gasteiger partial charge on any atom is -0.388 e. The largest absolute Gasteiger partial charge is 0.446 e. The van der Waals surface area contributed by atoms with Crippen molar-refractivity contribution in [3.63, 3.8) is 0 Å². The fraction of sp³-hybridized carbons (Fsp3) is 0.417. The van der Waals surface area contributed by atoms with Crippen LogP contribution in [0, 0.1) is 0 Å². The molecule has 0 aliphatic carbocycles. The molecule has 2 atom stereocenters. The Hall–Kier alpha value is -1.25. The SMILES string of the molecule is CC(=O)NCC(O)C(O)c1cccc(SC(F)(F)F)c1. The van der Waals surface area contributed by atoms with Gasteiger partial charge < -0.3 is 15.5 Å². The van der Waals surface area contributed by atoms with Crippen LogP contribution in [0.15, 0.2) is 29.2 Å². The van der Waals surface area contributed by atoms with E-state index in [1.165, 1.54) is 25.1 Å². The fourth-order valence-corrected chi connectivity index (χ4v) is 2.09. The number of halogens is 3. The Kier molecular flexibility index (Phi) is 5.85. The zero-order chi connectivity index (χ0) is 15.3. The van der Waals surface area contributed by atoms with Gasteiger partial charge in [-0.15, -0.1) is 0 Å². The summed E-state index contributed by atoms with van der Waals surface area (Å²) in [4.78, 5) is 10.6. The molecule has 2 unspecified atom stereocenters. The molecule has 20 heavy (non-hydrogen) atoms. The minimum absolute atomic E-state index is 0.0826. The van der Waals surface area contributed by atoms with Gasteiger partial charge in [-0.3, -0.25) is 4.79 Å². The first-order valence-electron chi connectivity index (χ1n) is 5.65. The molecule has 1 aromatic rings. The van der Waals surface area contributed by atoms with Crippen LogP contribution in [-0.2, 0) is 4.79 Å². The van der Waals surface area contributed by atoms with E-state index >= 15 is 0 Å².